The Morgan fingerprint density at radius 3 is 2.32 bits per heavy atom. The van der Waals surface area contributed by atoms with Crippen molar-refractivity contribution in [1.29, 1.82) is 0 Å². The number of halogens is 2. The van der Waals surface area contributed by atoms with Crippen LogP contribution < -0.4 is 10.7 Å². The Labute approximate surface area is 295 Å². The molecule has 2 aromatic carbocycles. The van der Waals surface area contributed by atoms with Crippen LogP contribution in [0, 0.1) is 5.41 Å². The normalized spacial score (nSPS) is 16.4. The molecule has 0 spiro atoms. The summed E-state index contributed by atoms with van der Waals surface area (Å²) in [5.74, 6) is -1.11. The Kier molecular flexibility index (Phi) is 14.7. The number of sulfone groups is 1. The topological polar surface area (TPSA) is 132 Å². The van der Waals surface area contributed by atoms with Crippen LogP contribution in [0.2, 0.25) is 0 Å². The molecular formula is C33H49Cl2N5O5S2. The first kappa shape index (κ1) is 40.9. The number of nitrogens with zero attached hydrogens (tertiary/aromatic N) is 3. The molecule has 0 saturated carbocycles. The Balaban J connectivity index is 0.00000384. The number of hydrogen-bond acceptors (Lipinski definition) is 9. The van der Waals surface area contributed by atoms with Gasteiger partial charge in [0.1, 0.15) is 5.54 Å². The number of aromatic nitrogens is 1. The Morgan fingerprint density at radius 2 is 1.70 bits per heavy atom. The lowest BCUT2D eigenvalue weighted by atomic mass is 9.69. The van der Waals surface area contributed by atoms with Gasteiger partial charge in [0.2, 0.25) is 5.91 Å². The summed E-state index contributed by atoms with van der Waals surface area (Å²) in [5, 5.41) is 15.9. The molecule has 262 valence electrons. The largest absolute Gasteiger partial charge is 0.388 e. The van der Waals surface area contributed by atoms with Crippen LogP contribution in [0.5, 0.6) is 0 Å². The number of hydrogen-bond donors (Lipinski definition) is 3. The first-order valence-electron chi connectivity index (χ1n) is 15.6. The van der Waals surface area contributed by atoms with Crippen LogP contribution in [0.1, 0.15) is 59.4 Å². The summed E-state index contributed by atoms with van der Waals surface area (Å²) in [6.45, 7) is 11.2. The second-order valence-corrected chi connectivity index (χ2v) is 16.3. The molecule has 3 aromatic rings. The Morgan fingerprint density at radius 1 is 1.04 bits per heavy atom. The molecule has 2 amide bonds. The lowest BCUT2D eigenvalue weighted by Gasteiger charge is -2.47. The predicted octanol–water partition coefficient (Wildman–Crippen LogP) is 4.65. The number of fused-ring (bicyclic) bond motifs is 1. The molecule has 47 heavy (non-hydrogen) atoms. The molecule has 2 heterocycles. The molecule has 0 unspecified atom stereocenters. The van der Waals surface area contributed by atoms with E-state index in [-0.39, 0.29) is 61.0 Å². The third-order valence-electron chi connectivity index (χ3n) is 8.38. The second-order valence-electron chi connectivity index (χ2n) is 13.4. The van der Waals surface area contributed by atoms with Gasteiger partial charge in [-0.2, -0.15) is 0 Å². The highest BCUT2D eigenvalue weighted by Crippen LogP contribution is 2.36. The van der Waals surface area contributed by atoms with E-state index in [0.717, 1.165) is 36.2 Å². The van der Waals surface area contributed by atoms with Crippen LogP contribution >= 0.6 is 36.2 Å². The van der Waals surface area contributed by atoms with Gasteiger partial charge in [-0.3, -0.25) is 19.5 Å². The van der Waals surface area contributed by atoms with Crippen LogP contribution in [0.15, 0.2) is 58.9 Å². The molecule has 0 aliphatic carbocycles. The van der Waals surface area contributed by atoms with E-state index in [1.54, 1.807) is 17.6 Å². The van der Waals surface area contributed by atoms with Crippen molar-refractivity contribution in [1.82, 2.24) is 25.6 Å². The molecule has 0 radical (unpaired) electrons. The molecule has 4 rings (SSSR count). The minimum atomic E-state index is -3.86. The summed E-state index contributed by atoms with van der Waals surface area (Å²) in [7, 11) is -3.86. The van der Waals surface area contributed by atoms with Crippen molar-refractivity contribution in [3.05, 3.63) is 59.6 Å². The van der Waals surface area contributed by atoms with Gasteiger partial charge in [-0.1, -0.05) is 58.0 Å². The maximum Gasteiger partial charge on any atom is 0.263 e. The number of rotatable bonds is 14. The molecule has 14 heteroatoms. The number of likely N-dealkylation sites (tertiary alicyclic amines) is 1. The third-order valence-corrected chi connectivity index (χ3v) is 11.1. The number of hydrazine groups is 1. The van der Waals surface area contributed by atoms with E-state index in [0.29, 0.717) is 18.5 Å². The molecule has 2 atom stereocenters. The van der Waals surface area contributed by atoms with Crippen molar-refractivity contribution < 1.29 is 23.1 Å². The minimum Gasteiger partial charge on any atom is -0.388 e. The fourth-order valence-corrected chi connectivity index (χ4v) is 8.27. The molecule has 1 aliphatic rings. The summed E-state index contributed by atoms with van der Waals surface area (Å²) in [6.07, 6.45) is 2.95. The van der Waals surface area contributed by atoms with Crippen molar-refractivity contribution in [2.24, 2.45) is 5.41 Å². The van der Waals surface area contributed by atoms with Gasteiger partial charge in [0.25, 0.3) is 5.91 Å². The quantitative estimate of drug-likeness (QED) is 0.205. The molecule has 0 bridgehead atoms. The molecule has 3 N–H and O–H groups in total. The number of aliphatic hydroxyl groups is 1. The first-order chi connectivity index (χ1) is 21.2. The van der Waals surface area contributed by atoms with Crippen LogP contribution in [0.25, 0.3) is 10.2 Å². The molecule has 10 nitrogen and oxygen atoms in total. The first-order valence-corrected chi connectivity index (χ1v) is 18.1. The maximum absolute atomic E-state index is 14.7. The molecule has 1 aromatic heterocycles. The van der Waals surface area contributed by atoms with Crippen LogP contribution in [0.3, 0.4) is 0 Å². The average Bonchev–Trinajstić information content (AvgIpc) is 3.65. The van der Waals surface area contributed by atoms with Crippen LogP contribution in [-0.2, 0) is 25.8 Å². The van der Waals surface area contributed by atoms with Crippen molar-refractivity contribution in [3.63, 3.8) is 0 Å². The lowest BCUT2D eigenvalue weighted by molar-refractivity contribution is -0.151. The smallest absolute Gasteiger partial charge is 0.263 e. The molecule has 1 fully saturated rings. The highest BCUT2D eigenvalue weighted by Gasteiger charge is 2.52. The summed E-state index contributed by atoms with van der Waals surface area (Å²) in [6, 6.07) is 14.3. The van der Waals surface area contributed by atoms with Gasteiger partial charge in [0.15, 0.2) is 9.84 Å². The molecular weight excluding hydrogens is 681 g/mol. The third kappa shape index (κ3) is 10.3. The SMILES string of the molecule is CCCN(NC[C@@](C)(O)CS(=O)(=O)c1ccc2ncsc2c1)C(=O)[C@@](Cc1ccccc1)(NC(=O)CN1CCCC1)C(C)(C)C.Cl.Cl. The van der Waals surface area contributed by atoms with E-state index in [1.807, 2.05) is 58.0 Å². The van der Waals surface area contributed by atoms with Crippen LogP contribution in [-0.4, -0.2) is 89.8 Å². The predicted molar refractivity (Wildman–Crippen MR) is 193 cm³/mol. The summed E-state index contributed by atoms with van der Waals surface area (Å²) in [5.41, 5.74) is 2.58. The van der Waals surface area contributed by atoms with E-state index in [2.05, 4.69) is 20.6 Å². The van der Waals surface area contributed by atoms with Gasteiger partial charge >= 0.3 is 0 Å². The number of amides is 2. The van der Waals surface area contributed by atoms with Gasteiger partial charge in [-0.25, -0.2) is 18.8 Å². The van der Waals surface area contributed by atoms with Crippen molar-refractivity contribution in [2.45, 2.75) is 76.3 Å². The lowest BCUT2D eigenvalue weighted by Crippen LogP contribution is -2.70. The second kappa shape index (κ2) is 16.9. The Bertz CT molecular complexity index is 1570. The van der Waals surface area contributed by atoms with Gasteiger partial charge in [-0.05, 0) is 68.5 Å². The fourth-order valence-electron chi connectivity index (χ4n) is 5.81. The van der Waals surface area contributed by atoms with Crippen molar-refractivity contribution >= 4 is 68.0 Å². The number of carbonyl (C=O) groups is 2. The maximum atomic E-state index is 14.7. The Hall–Kier alpha value is -2.32. The van der Waals surface area contributed by atoms with E-state index < -0.39 is 32.1 Å². The summed E-state index contributed by atoms with van der Waals surface area (Å²) >= 11 is 1.35. The average molecular weight is 731 g/mol. The van der Waals surface area contributed by atoms with Gasteiger partial charge in [-0.15, -0.1) is 36.2 Å². The highest BCUT2D eigenvalue weighted by molar-refractivity contribution is 7.91. The van der Waals surface area contributed by atoms with Gasteiger partial charge in [0, 0.05) is 19.5 Å². The summed E-state index contributed by atoms with van der Waals surface area (Å²) < 4.78 is 27.4. The van der Waals surface area contributed by atoms with E-state index in [9.17, 15) is 23.1 Å². The van der Waals surface area contributed by atoms with E-state index >= 15 is 0 Å². The zero-order valence-electron chi connectivity index (χ0n) is 27.8. The number of benzene rings is 2. The number of thiazole rings is 1. The fraction of sp³-hybridized carbons (Fsp3) is 0.545. The van der Waals surface area contributed by atoms with E-state index in [4.69, 9.17) is 0 Å². The zero-order valence-corrected chi connectivity index (χ0v) is 31.1. The standard InChI is InChI=1S/C33H47N5O5S2.2ClH/c1-6-16-38(35-22-32(5,41)23-45(42,43)26-14-15-27-28(19-26)44-24-34-27)30(40)33(31(2,3)4,20-25-12-8-7-9-13-25)36-29(39)21-37-17-10-11-18-37;;/h7-9,12-15,19,24,35,41H,6,10-11,16-18,20-23H2,1-5H3,(H,36,39);2*1H/t32-,33-;;/m1../s1. The van der Waals surface area contributed by atoms with Gasteiger partial charge in [0.05, 0.1) is 38.5 Å². The van der Waals surface area contributed by atoms with Crippen molar-refractivity contribution in [3.8, 4) is 0 Å². The molecule has 1 saturated heterocycles. The van der Waals surface area contributed by atoms with Gasteiger partial charge < -0.3 is 10.4 Å². The van der Waals surface area contributed by atoms with E-state index in [1.165, 1.54) is 29.3 Å². The minimum absolute atomic E-state index is 0. The van der Waals surface area contributed by atoms with Crippen molar-refractivity contribution in [2.75, 3.05) is 38.5 Å². The molecule has 1 aliphatic heterocycles. The number of carbonyl (C=O) groups excluding carboxylic acids is 2. The number of nitrogens with one attached hydrogen (secondary N) is 2. The summed E-state index contributed by atoms with van der Waals surface area (Å²) in [4.78, 5) is 34.7. The van der Waals surface area contributed by atoms with Crippen LogP contribution in [0.4, 0.5) is 0 Å². The monoisotopic (exact) mass is 729 g/mol. The zero-order chi connectivity index (χ0) is 32.9. The highest BCUT2D eigenvalue weighted by atomic mass is 35.5.